The van der Waals surface area contributed by atoms with Gasteiger partial charge in [0.05, 0.1) is 0 Å². The van der Waals surface area contributed by atoms with E-state index in [0.29, 0.717) is 6.04 Å². The molecule has 4 heteroatoms. The summed E-state index contributed by atoms with van der Waals surface area (Å²) in [6.07, 6.45) is 3.41. The molecule has 0 aliphatic heterocycles. The quantitative estimate of drug-likeness (QED) is 0.763. The van der Waals surface area contributed by atoms with Crippen LogP contribution >= 0.6 is 0 Å². The van der Waals surface area contributed by atoms with Gasteiger partial charge in [-0.2, -0.15) is 4.98 Å². The zero-order chi connectivity index (χ0) is 12.7. The molecule has 1 aromatic heterocycles. The normalized spacial score (nSPS) is 12.2. The first-order chi connectivity index (χ1) is 8.15. The Bertz CT molecular complexity index is 338. The van der Waals surface area contributed by atoms with Crippen LogP contribution in [0.2, 0.25) is 0 Å². The second-order valence-corrected chi connectivity index (χ2v) is 4.48. The molecule has 1 aromatic rings. The maximum absolute atomic E-state index is 4.46. The van der Waals surface area contributed by atoms with Gasteiger partial charge in [-0.05, 0) is 26.7 Å². The molecule has 2 N–H and O–H groups in total. The average molecular weight is 236 g/mol. The standard InChI is InChI=1S/C13H24N4/c1-5-7-10(3)15-12-9-11(4)16-13(17-12)14-8-6-2/h9-10H,5-8H2,1-4H3,(H2,14,15,16,17). The molecular formula is C13H24N4. The van der Waals surface area contributed by atoms with E-state index in [1.807, 2.05) is 13.0 Å². The topological polar surface area (TPSA) is 49.8 Å². The molecule has 17 heavy (non-hydrogen) atoms. The summed E-state index contributed by atoms with van der Waals surface area (Å²) < 4.78 is 0. The van der Waals surface area contributed by atoms with Crippen LogP contribution in [-0.4, -0.2) is 22.6 Å². The maximum Gasteiger partial charge on any atom is 0.224 e. The molecule has 0 fully saturated rings. The van der Waals surface area contributed by atoms with Gasteiger partial charge in [0.25, 0.3) is 0 Å². The Morgan fingerprint density at radius 2 is 2.00 bits per heavy atom. The van der Waals surface area contributed by atoms with Crippen LogP contribution in [-0.2, 0) is 0 Å². The van der Waals surface area contributed by atoms with Gasteiger partial charge in [-0.3, -0.25) is 0 Å². The predicted octanol–water partition coefficient (Wildman–Crippen LogP) is 3.21. The number of hydrogen-bond acceptors (Lipinski definition) is 4. The molecule has 1 heterocycles. The van der Waals surface area contributed by atoms with Crippen molar-refractivity contribution in [1.29, 1.82) is 0 Å². The minimum absolute atomic E-state index is 0.452. The summed E-state index contributed by atoms with van der Waals surface area (Å²) in [7, 11) is 0. The summed E-state index contributed by atoms with van der Waals surface area (Å²) in [5, 5.41) is 6.63. The second-order valence-electron chi connectivity index (χ2n) is 4.48. The van der Waals surface area contributed by atoms with Crippen molar-refractivity contribution < 1.29 is 0 Å². The van der Waals surface area contributed by atoms with E-state index >= 15 is 0 Å². The molecule has 0 saturated carbocycles. The Hall–Kier alpha value is -1.32. The minimum atomic E-state index is 0.452. The van der Waals surface area contributed by atoms with E-state index in [2.05, 4.69) is 41.4 Å². The van der Waals surface area contributed by atoms with E-state index in [9.17, 15) is 0 Å². The fourth-order valence-electron chi connectivity index (χ4n) is 1.72. The van der Waals surface area contributed by atoms with Crippen molar-refractivity contribution in [2.75, 3.05) is 17.2 Å². The van der Waals surface area contributed by atoms with E-state index in [-0.39, 0.29) is 0 Å². The third-order valence-electron chi connectivity index (χ3n) is 2.50. The van der Waals surface area contributed by atoms with Crippen LogP contribution in [0.25, 0.3) is 0 Å². The number of rotatable bonds is 7. The highest BCUT2D eigenvalue weighted by atomic mass is 15.1. The van der Waals surface area contributed by atoms with Crippen molar-refractivity contribution in [3.8, 4) is 0 Å². The third-order valence-corrected chi connectivity index (χ3v) is 2.50. The minimum Gasteiger partial charge on any atom is -0.367 e. The van der Waals surface area contributed by atoms with Gasteiger partial charge >= 0.3 is 0 Å². The molecule has 1 unspecified atom stereocenters. The number of aromatic nitrogens is 2. The van der Waals surface area contributed by atoms with Crippen molar-refractivity contribution in [3.63, 3.8) is 0 Å². The molecular weight excluding hydrogens is 212 g/mol. The monoisotopic (exact) mass is 236 g/mol. The molecule has 1 atom stereocenters. The van der Waals surface area contributed by atoms with Crippen LogP contribution in [0, 0.1) is 6.92 Å². The molecule has 1 rings (SSSR count). The SMILES string of the molecule is CCCNc1nc(C)cc(NC(C)CCC)n1. The zero-order valence-electron chi connectivity index (χ0n) is 11.4. The van der Waals surface area contributed by atoms with Crippen molar-refractivity contribution in [2.24, 2.45) is 0 Å². The fraction of sp³-hybridized carbons (Fsp3) is 0.692. The smallest absolute Gasteiger partial charge is 0.224 e. The zero-order valence-corrected chi connectivity index (χ0v) is 11.4. The number of nitrogens with one attached hydrogen (secondary N) is 2. The van der Waals surface area contributed by atoms with Crippen LogP contribution in [0.3, 0.4) is 0 Å². The highest BCUT2D eigenvalue weighted by Gasteiger charge is 2.04. The third kappa shape index (κ3) is 5.02. The number of nitrogens with zero attached hydrogens (tertiary/aromatic N) is 2. The predicted molar refractivity (Wildman–Crippen MR) is 73.5 cm³/mol. The molecule has 0 amide bonds. The Kier molecular flexibility index (Phi) is 5.73. The first kappa shape index (κ1) is 13.7. The number of anilines is 2. The van der Waals surface area contributed by atoms with Gasteiger partial charge in [-0.25, -0.2) is 4.98 Å². The van der Waals surface area contributed by atoms with Gasteiger partial charge in [0.15, 0.2) is 0 Å². The summed E-state index contributed by atoms with van der Waals surface area (Å²) in [5.74, 6) is 1.63. The summed E-state index contributed by atoms with van der Waals surface area (Å²) in [5.41, 5.74) is 0.991. The second kappa shape index (κ2) is 7.09. The summed E-state index contributed by atoms with van der Waals surface area (Å²) in [4.78, 5) is 8.82. The van der Waals surface area contributed by atoms with E-state index in [4.69, 9.17) is 0 Å². The first-order valence-corrected chi connectivity index (χ1v) is 6.51. The largest absolute Gasteiger partial charge is 0.367 e. The lowest BCUT2D eigenvalue weighted by molar-refractivity contribution is 0.687. The van der Waals surface area contributed by atoms with Gasteiger partial charge in [0.2, 0.25) is 5.95 Å². The van der Waals surface area contributed by atoms with E-state index in [1.165, 1.54) is 6.42 Å². The average Bonchev–Trinajstić information content (AvgIpc) is 2.25. The van der Waals surface area contributed by atoms with Gasteiger partial charge in [-0.1, -0.05) is 20.3 Å². The molecule has 0 aliphatic rings. The highest BCUT2D eigenvalue weighted by Crippen LogP contribution is 2.12. The van der Waals surface area contributed by atoms with Crippen LogP contribution < -0.4 is 10.6 Å². The molecule has 96 valence electrons. The maximum atomic E-state index is 4.46. The van der Waals surface area contributed by atoms with Crippen LogP contribution in [0.1, 0.15) is 45.7 Å². The van der Waals surface area contributed by atoms with Gasteiger partial charge in [0.1, 0.15) is 5.82 Å². The Morgan fingerprint density at radius 3 is 2.65 bits per heavy atom. The molecule has 0 radical (unpaired) electrons. The summed E-state index contributed by atoms with van der Waals surface area (Å²) >= 11 is 0. The highest BCUT2D eigenvalue weighted by molar-refractivity contribution is 5.42. The summed E-state index contributed by atoms with van der Waals surface area (Å²) in [6, 6.07) is 2.44. The molecule has 4 nitrogen and oxygen atoms in total. The molecule has 0 aliphatic carbocycles. The van der Waals surface area contributed by atoms with E-state index < -0.39 is 0 Å². The molecule has 0 aromatic carbocycles. The lowest BCUT2D eigenvalue weighted by Crippen LogP contribution is -2.16. The van der Waals surface area contributed by atoms with Gasteiger partial charge < -0.3 is 10.6 Å². The van der Waals surface area contributed by atoms with Crippen LogP contribution in [0.4, 0.5) is 11.8 Å². The van der Waals surface area contributed by atoms with Gasteiger partial charge in [0, 0.05) is 24.3 Å². The number of hydrogen-bond donors (Lipinski definition) is 2. The van der Waals surface area contributed by atoms with Crippen molar-refractivity contribution >= 4 is 11.8 Å². The Morgan fingerprint density at radius 1 is 1.24 bits per heavy atom. The lowest BCUT2D eigenvalue weighted by Gasteiger charge is -2.14. The number of aryl methyl sites for hydroxylation is 1. The molecule has 0 saturated heterocycles. The molecule has 0 spiro atoms. The van der Waals surface area contributed by atoms with Crippen molar-refractivity contribution in [1.82, 2.24) is 9.97 Å². The van der Waals surface area contributed by atoms with Crippen molar-refractivity contribution in [2.45, 2.75) is 53.0 Å². The van der Waals surface area contributed by atoms with Crippen LogP contribution in [0.5, 0.6) is 0 Å². The summed E-state index contributed by atoms with van der Waals surface area (Å²) in [6.45, 7) is 9.41. The van der Waals surface area contributed by atoms with Gasteiger partial charge in [-0.15, -0.1) is 0 Å². The molecule has 0 bridgehead atoms. The van der Waals surface area contributed by atoms with Crippen LogP contribution in [0.15, 0.2) is 6.07 Å². The fourth-order valence-corrected chi connectivity index (χ4v) is 1.72. The van der Waals surface area contributed by atoms with Crippen molar-refractivity contribution in [3.05, 3.63) is 11.8 Å². The Labute approximate surface area is 104 Å². The Balaban J connectivity index is 2.67. The van der Waals surface area contributed by atoms with E-state index in [1.54, 1.807) is 0 Å². The lowest BCUT2D eigenvalue weighted by atomic mass is 10.2. The van der Waals surface area contributed by atoms with E-state index in [0.717, 1.165) is 36.8 Å². The first-order valence-electron chi connectivity index (χ1n) is 6.51.